The van der Waals surface area contributed by atoms with E-state index in [0.717, 1.165) is 24.9 Å². The fourth-order valence-corrected chi connectivity index (χ4v) is 2.59. The normalized spacial score (nSPS) is 14.6. The van der Waals surface area contributed by atoms with E-state index in [4.69, 9.17) is 4.98 Å². The highest BCUT2D eigenvalue weighted by molar-refractivity contribution is 5.76. The molecule has 1 aromatic carbocycles. The van der Waals surface area contributed by atoms with Gasteiger partial charge in [0, 0.05) is 25.0 Å². The largest absolute Gasteiger partial charge is 0.324 e. The van der Waals surface area contributed by atoms with E-state index >= 15 is 0 Å². The van der Waals surface area contributed by atoms with Gasteiger partial charge in [0.25, 0.3) is 0 Å². The molecule has 1 aromatic heterocycles. The molecule has 1 N–H and O–H groups in total. The van der Waals surface area contributed by atoms with Crippen LogP contribution in [0.2, 0.25) is 0 Å². The number of hydrogen-bond acceptors (Lipinski definition) is 2. The maximum atomic E-state index is 4.81. The predicted molar refractivity (Wildman–Crippen MR) is 86.2 cm³/mol. The summed E-state index contributed by atoms with van der Waals surface area (Å²) in [6, 6.07) is 9.46. The summed E-state index contributed by atoms with van der Waals surface area (Å²) in [7, 11) is 0. The number of hydrogen-bond donors (Lipinski definition) is 1. The van der Waals surface area contributed by atoms with Gasteiger partial charge in [-0.05, 0) is 38.8 Å². The van der Waals surface area contributed by atoms with Crippen molar-refractivity contribution in [2.45, 2.75) is 59.0 Å². The number of fused-ring (bicyclic) bond motifs is 1. The van der Waals surface area contributed by atoms with Crippen LogP contribution >= 0.6 is 0 Å². The van der Waals surface area contributed by atoms with Gasteiger partial charge in [-0.3, -0.25) is 0 Å². The van der Waals surface area contributed by atoms with Gasteiger partial charge >= 0.3 is 0 Å². The summed E-state index contributed by atoms with van der Waals surface area (Å²) in [5.74, 6) is 1.21. The van der Waals surface area contributed by atoms with E-state index in [9.17, 15) is 0 Å². The number of rotatable bonds is 7. The van der Waals surface area contributed by atoms with Gasteiger partial charge in [0.05, 0.1) is 11.0 Å². The molecule has 0 aliphatic carbocycles. The van der Waals surface area contributed by atoms with Crippen LogP contribution in [0, 0.1) is 0 Å². The van der Waals surface area contributed by atoms with Crippen LogP contribution < -0.4 is 5.32 Å². The number of para-hydroxylation sites is 2. The number of aromatic nitrogens is 2. The van der Waals surface area contributed by atoms with Crippen molar-refractivity contribution in [1.82, 2.24) is 14.9 Å². The molecule has 3 heteroatoms. The third kappa shape index (κ3) is 3.21. The Morgan fingerprint density at radius 3 is 2.65 bits per heavy atom. The molecule has 0 saturated heterocycles. The Morgan fingerprint density at radius 2 is 1.95 bits per heavy atom. The minimum atomic E-state index is 0.429. The fourth-order valence-electron chi connectivity index (χ4n) is 2.59. The average Bonchev–Trinajstić information content (AvgIpc) is 2.82. The van der Waals surface area contributed by atoms with Crippen molar-refractivity contribution in [2.75, 3.05) is 6.54 Å². The van der Waals surface area contributed by atoms with Crippen molar-refractivity contribution in [3.63, 3.8) is 0 Å². The first-order valence-electron chi connectivity index (χ1n) is 7.86. The Hall–Kier alpha value is -1.35. The number of benzene rings is 1. The van der Waals surface area contributed by atoms with Crippen LogP contribution in [0.5, 0.6) is 0 Å². The third-order valence-electron chi connectivity index (χ3n) is 3.96. The Morgan fingerprint density at radius 1 is 1.20 bits per heavy atom. The molecule has 0 amide bonds. The lowest BCUT2D eigenvalue weighted by Gasteiger charge is -2.20. The lowest BCUT2D eigenvalue weighted by molar-refractivity contribution is 0.442. The van der Waals surface area contributed by atoms with Crippen molar-refractivity contribution in [3.8, 4) is 0 Å². The highest BCUT2D eigenvalue weighted by Crippen LogP contribution is 2.21. The first-order valence-corrected chi connectivity index (χ1v) is 7.86. The molecule has 0 fully saturated rings. The van der Waals surface area contributed by atoms with Crippen LogP contribution in [0.4, 0.5) is 0 Å². The first kappa shape index (κ1) is 15.0. The predicted octanol–water partition coefficient (Wildman–Crippen LogP) is 3.94. The maximum absolute atomic E-state index is 4.81. The van der Waals surface area contributed by atoms with Crippen molar-refractivity contribution in [3.05, 3.63) is 30.1 Å². The van der Waals surface area contributed by atoms with E-state index in [2.05, 4.69) is 61.8 Å². The van der Waals surface area contributed by atoms with Gasteiger partial charge in [-0.1, -0.05) is 26.0 Å². The zero-order valence-electron chi connectivity index (χ0n) is 13.2. The molecular weight excluding hydrogens is 246 g/mol. The number of nitrogens with zero attached hydrogens (tertiary/aromatic N) is 2. The van der Waals surface area contributed by atoms with Gasteiger partial charge in [-0.25, -0.2) is 4.98 Å². The topological polar surface area (TPSA) is 29.9 Å². The summed E-state index contributed by atoms with van der Waals surface area (Å²) in [5.41, 5.74) is 2.38. The van der Waals surface area contributed by atoms with Crippen molar-refractivity contribution < 1.29 is 0 Å². The van der Waals surface area contributed by atoms with Crippen LogP contribution in [-0.4, -0.2) is 22.1 Å². The summed E-state index contributed by atoms with van der Waals surface area (Å²) in [6.07, 6.45) is 3.34. The van der Waals surface area contributed by atoms with E-state index < -0.39 is 0 Å². The smallest absolute Gasteiger partial charge is 0.110 e. The number of imidazole rings is 1. The minimum Gasteiger partial charge on any atom is -0.324 e. The summed E-state index contributed by atoms with van der Waals surface area (Å²) in [6.45, 7) is 9.95. The molecule has 110 valence electrons. The fraction of sp³-hybridized carbons (Fsp3) is 0.588. The van der Waals surface area contributed by atoms with Crippen LogP contribution in [-0.2, 0) is 6.42 Å². The SMILES string of the molecule is CCCc1nc2ccccc2n1C(C)CNC(C)CC. The molecule has 2 aromatic rings. The number of nitrogens with one attached hydrogen (secondary N) is 1. The monoisotopic (exact) mass is 273 g/mol. The Labute approximate surface area is 122 Å². The maximum Gasteiger partial charge on any atom is 0.110 e. The molecule has 0 radical (unpaired) electrons. The molecule has 1 heterocycles. The summed E-state index contributed by atoms with van der Waals surface area (Å²) >= 11 is 0. The van der Waals surface area contributed by atoms with Gasteiger partial charge in [-0.15, -0.1) is 0 Å². The summed E-state index contributed by atoms with van der Waals surface area (Å²) in [5, 5.41) is 3.61. The van der Waals surface area contributed by atoms with Gasteiger partial charge in [0.1, 0.15) is 5.82 Å². The van der Waals surface area contributed by atoms with Crippen molar-refractivity contribution in [2.24, 2.45) is 0 Å². The van der Waals surface area contributed by atoms with E-state index in [1.807, 2.05) is 0 Å². The molecule has 0 spiro atoms. The Balaban J connectivity index is 2.27. The molecule has 0 bridgehead atoms. The molecule has 0 aliphatic heterocycles. The quantitative estimate of drug-likeness (QED) is 0.828. The average molecular weight is 273 g/mol. The summed E-state index contributed by atoms with van der Waals surface area (Å²) < 4.78 is 2.41. The van der Waals surface area contributed by atoms with Gasteiger partial charge in [0.2, 0.25) is 0 Å². The molecule has 20 heavy (non-hydrogen) atoms. The molecule has 3 nitrogen and oxygen atoms in total. The molecule has 2 atom stereocenters. The van der Waals surface area contributed by atoms with E-state index in [1.165, 1.54) is 17.8 Å². The van der Waals surface area contributed by atoms with Crippen LogP contribution in [0.1, 0.15) is 52.4 Å². The standard InChI is InChI=1S/C17H27N3/c1-5-9-17-19-15-10-7-8-11-16(15)20(17)14(4)12-18-13(3)6-2/h7-8,10-11,13-14,18H,5-6,9,12H2,1-4H3. The molecular formula is C17H27N3. The molecule has 0 saturated carbocycles. The van der Waals surface area contributed by atoms with Crippen LogP contribution in [0.15, 0.2) is 24.3 Å². The van der Waals surface area contributed by atoms with Gasteiger partial charge in [0.15, 0.2) is 0 Å². The minimum absolute atomic E-state index is 0.429. The highest BCUT2D eigenvalue weighted by Gasteiger charge is 2.15. The molecule has 2 rings (SSSR count). The van der Waals surface area contributed by atoms with E-state index in [1.54, 1.807) is 0 Å². The Bertz CT molecular complexity index is 544. The second kappa shape index (κ2) is 6.89. The van der Waals surface area contributed by atoms with Gasteiger partial charge < -0.3 is 9.88 Å². The zero-order chi connectivity index (χ0) is 14.5. The second-order valence-electron chi connectivity index (χ2n) is 5.70. The van der Waals surface area contributed by atoms with Crippen molar-refractivity contribution in [1.29, 1.82) is 0 Å². The zero-order valence-corrected chi connectivity index (χ0v) is 13.2. The Kier molecular flexibility index (Phi) is 5.18. The van der Waals surface area contributed by atoms with Crippen molar-refractivity contribution >= 4 is 11.0 Å². The van der Waals surface area contributed by atoms with Gasteiger partial charge in [-0.2, -0.15) is 0 Å². The van der Waals surface area contributed by atoms with E-state index in [0.29, 0.717) is 12.1 Å². The van der Waals surface area contributed by atoms with E-state index in [-0.39, 0.29) is 0 Å². The third-order valence-corrected chi connectivity index (χ3v) is 3.96. The van der Waals surface area contributed by atoms with Crippen LogP contribution in [0.25, 0.3) is 11.0 Å². The first-order chi connectivity index (χ1) is 9.67. The lowest BCUT2D eigenvalue weighted by atomic mass is 10.2. The lowest BCUT2D eigenvalue weighted by Crippen LogP contribution is -2.31. The highest BCUT2D eigenvalue weighted by atomic mass is 15.1. The number of aryl methyl sites for hydroxylation is 1. The second-order valence-corrected chi connectivity index (χ2v) is 5.70. The summed E-state index contributed by atoms with van der Waals surface area (Å²) in [4.78, 5) is 4.81. The molecule has 2 unspecified atom stereocenters. The molecule has 0 aliphatic rings. The van der Waals surface area contributed by atoms with Crippen LogP contribution in [0.3, 0.4) is 0 Å².